The van der Waals surface area contributed by atoms with Gasteiger partial charge in [-0.25, -0.2) is 8.78 Å². The lowest BCUT2D eigenvalue weighted by atomic mass is 9.44. The Morgan fingerprint density at radius 3 is 1.55 bits per heavy atom. The Labute approximate surface area is 186 Å². The molecule has 2 N–H and O–H groups in total. The molecule has 0 heterocycles. The maximum atomic E-state index is 13.1. The molecule has 6 nitrogen and oxygen atoms in total. The van der Waals surface area contributed by atoms with Crippen LogP contribution in [0.25, 0.3) is 0 Å². The van der Waals surface area contributed by atoms with E-state index in [-0.39, 0.29) is 46.2 Å². The molecule has 3 fully saturated rings. The summed E-state index contributed by atoms with van der Waals surface area (Å²) in [5, 5.41) is 5.67. The predicted octanol–water partition coefficient (Wildman–Crippen LogP) is 3.64. The second kappa shape index (κ2) is 8.16. The number of carbonyl (C=O) groups is 2. The second-order valence-corrected chi connectivity index (χ2v) is 8.73. The lowest BCUT2D eigenvalue weighted by Crippen LogP contribution is -2.84. The average Bonchev–Trinajstić information content (AvgIpc) is 2.67. The predicted molar refractivity (Wildman–Crippen MR) is 109 cm³/mol. The molecule has 3 saturated carbocycles. The molecule has 2 amide bonds. The minimum Gasteiger partial charge on any atom is -0.484 e. The molecule has 0 aromatic heterocycles. The third kappa shape index (κ3) is 4.70. The first-order valence-electron chi connectivity index (χ1n) is 9.45. The molecule has 0 radical (unpaired) electrons. The minimum absolute atomic E-state index is 0.0819. The number of ether oxygens (including phenoxy) is 2. The second-order valence-electron chi connectivity index (χ2n) is 7.92. The quantitative estimate of drug-likeness (QED) is 0.617. The van der Waals surface area contributed by atoms with Crippen molar-refractivity contribution < 1.29 is 27.8 Å². The number of rotatable bonds is 8. The number of carbonyl (C=O) groups excluding carboxylic acids is 2. The molecule has 5 rings (SSSR count). The Balaban J connectivity index is 1.17. The van der Waals surface area contributed by atoms with Crippen molar-refractivity contribution in [3.05, 3.63) is 58.1 Å². The zero-order valence-electron chi connectivity index (χ0n) is 16.1. The zero-order valence-corrected chi connectivity index (χ0v) is 17.7. The van der Waals surface area contributed by atoms with E-state index in [4.69, 9.17) is 32.7 Å². The van der Waals surface area contributed by atoms with Gasteiger partial charge in [-0.1, -0.05) is 23.2 Å². The number of hydrogen-bond donors (Lipinski definition) is 2. The van der Waals surface area contributed by atoms with E-state index in [1.807, 2.05) is 0 Å². The Morgan fingerprint density at radius 2 is 1.19 bits per heavy atom. The maximum Gasteiger partial charge on any atom is 0.258 e. The molecular weight excluding hydrogens is 453 g/mol. The summed E-state index contributed by atoms with van der Waals surface area (Å²) in [6.45, 7) is -0.450. The van der Waals surface area contributed by atoms with Gasteiger partial charge < -0.3 is 20.1 Å². The maximum absolute atomic E-state index is 13.1. The monoisotopic (exact) mass is 470 g/mol. The van der Waals surface area contributed by atoms with Crippen LogP contribution in [0.15, 0.2) is 36.4 Å². The van der Waals surface area contributed by atoms with E-state index in [0.717, 1.165) is 12.1 Å². The van der Waals surface area contributed by atoms with E-state index < -0.39 is 11.6 Å². The number of benzene rings is 2. The standard InChI is InChI=1S/C21H18Cl2F2N2O4/c22-14-5-12(1-3-16(14)24)30-7-18(28)26-20-9-21(10-20,11-20)27-19(29)8-31-13-2-4-17(25)15(23)6-13/h1-6H,7-11H2,(H,26,28)(H,27,29). The summed E-state index contributed by atoms with van der Waals surface area (Å²) in [7, 11) is 0. The van der Waals surface area contributed by atoms with Gasteiger partial charge >= 0.3 is 0 Å². The largest absolute Gasteiger partial charge is 0.484 e. The number of amides is 2. The lowest BCUT2D eigenvalue weighted by Gasteiger charge is -2.70. The van der Waals surface area contributed by atoms with Gasteiger partial charge in [0.05, 0.1) is 10.0 Å². The Bertz CT molecular complexity index is 951. The Morgan fingerprint density at radius 1 is 0.806 bits per heavy atom. The smallest absolute Gasteiger partial charge is 0.258 e. The molecule has 10 heteroatoms. The van der Waals surface area contributed by atoms with Crippen LogP contribution in [0, 0.1) is 11.6 Å². The molecule has 3 aliphatic rings. The van der Waals surface area contributed by atoms with Crippen molar-refractivity contribution in [3.8, 4) is 11.5 Å². The SMILES string of the molecule is O=C(COc1ccc(F)c(Cl)c1)NC12CC(NC(=O)COc3ccc(F)c(Cl)c3)(C1)C2. The van der Waals surface area contributed by atoms with Crippen molar-refractivity contribution in [2.45, 2.75) is 30.3 Å². The molecule has 0 aliphatic heterocycles. The summed E-state index contributed by atoms with van der Waals surface area (Å²) >= 11 is 11.4. The molecule has 31 heavy (non-hydrogen) atoms. The number of nitrogens with one attached hydrogen (secondary N) is 2. The van der Waals surface area contributed by atoms with E-state index >= 15 is 0 Å². The molecule has 3 aliphatic carbocycles. The molecule has 0 spiro atoms. The summed E-state index contributed by atoms with van der Waals surface area (Å²) in [5.74, 6) is -1.15. The van der Waals surface area contributed by atoms with Crippen LogP contribution in [0.5, 0.6) is 11.5 Å². The summed E-state index contributed by atoms with van der Waals surface area (Å²) in [5.41, 5.74) is -0.695. The van der Waals surface area contributed by atoms with Gasteiger partial charge in [0.15, 0.2) is 13.2 Å². The molecule has 2 aromatic carbocycles. The Kier molecular flexibility index (Phi) is 5.70. The van der Waals surface area contributed by atoms with Gasteiger partial charge in [-0.3, -0.25) is 9.59 Å². The van der Waals surface area contributed by atoms with Gasteiger partial charge in [0.1, 0.15) is 23.1 Å². The summed E-state index contributed by atoms with van der Waals surface area (Å²) < 4.78 is 37.0. The minimum atomic E-state index is -0.563. The van der Waals surface area contributed by atoms with Crippen molar-refractivity contribution in [1.29, 1.82) is 0 Å². The van der Waals surface area contributed by atoms with Crippen LogP contribution in [-0.2, 0) is 9.59 Å². The molecule has 2 bridgehead atoms. The molecule has 2 aromatic rings. The zero-order chi connectivity index (χ0) is 22.2. The van der Waals surface area contributed by atoms with Gasteiger partial charge in [0.25, 0.3) is 11.8 Å². The third-order valence-corrected chi connectivity index (χ3v) is 5.94. The normalized spacial score (nSPS) is 23.2. The highest BCUT2D eigenvalue weighted by molar-refractivity contribution is 6.31. The fourth-order valence-electron chi connectivity index (χ4n) is 4.15. The van der Waals surface area contributed by atoms with Crippen molar-refractivity contribution in [1.82, 2.24) is 10.6 Å². The van der Waals surface area contributed by atoms with Gasteiger partial charge in [0, 0.05) is 23.2 Å². The lowest BCUT2D eigenvalue weighted by molar-refractivity contribution is -0.151. The number of hydrogen-bond acceptors (Lipinski definition) is 4. The van der Waals surface area contributed by atoms with E-state index in [1.54, 1.807) is 0 Å². The van der Waals surface area contributed by atoms with E-state index in [9.17, 15) is 18.4 Å². The average molecular weight is 471 g/mol. The summed E-state index contributed by atoms with van der Waals surface area (Å²) in [6, 6.07) is 7.72. The van der Waals surface area contributed by atoms with Gasteiger partial charge in [0.2, 0.25) is 0 Å². The van der Waals surface area contributed by atoms with Crippen LogP contribution in [-0.4, -0.2) is 36.1 Å². The van der Waals surface area contributed by atoms with Gasteiger partial charge in [-0.05, 0) is 43.5 Å². The van der Waals surface area contributed by atoms with E-state index in [1.165, 1.54) is 24.3 Å². The molecular formula is C21H18Cl2F2N2O4. The van der Waals surface area contributed by atoms with Crippen LogP contribution in [0.2, 0.25) is 10.0 Å². The fourth-order valence-corrected chi connectivity index (χ4v) is 4.49. The summed E-state index contributed by atoms with van der Waals surface area (Å²) in [4.78, 5) is 24.3. The first-order chi connectivity index (χ1) is 14.7. The third-order valence-electron chi connectivity index (χ3n) is 5.36. The van der Waals surface area contributed by atoms with Crippen molar-refractivity contribution >= 4 is 35.0 Å². The first kappa shape index (κ1) is 21.6. The fraction of sp³-hybridized carbons (Fsp3) is 0.333. The highest BCUT2D eigenvalue weighted by Gasteiger charge is 2.69. The summed E-state index contributed by atoms with van der Waals surface area (Å²) in [6.07, 6.45) is 1.84. The van der Waals surface area contributed by atoms with Crippen molar-refractivity contribution in [2.24, 2.45) is 0 Å². The van der Waals surface area contributed by atoms with Crippen molar-refractivity contribution in [2.75, 3.05) is 13.2 Å². The van der Waals surface area contributed by atoms with Crippen LogP contribution in [0.3, 0.4) is 0 Å². The molecule has 0 saturated heterocycles. The van der Waals surface area contributed by atoms with Crippen LogP contribution in [0.4, 0.5) is 8.78 Å². The van der Waals surface area contributed by atoms with Gasteiger partial charge in [-0.15, -0.1) is 0 Å². The molecule has 0 atom stereocenters. The number of halogens is 4. The highest BCUT2D eigenvalue weighted by atomic mass is 35.5. The Hall–Kier alpha value is -2.58. The van der Waals surface area contributed by atoms with E-state index in [2.05, 4.69) is 10.6 Å². The van der Waals surface area contributed by atoms with Crippen LogP contribution >= 0.6 is 23.2 Å². The molecule has 0 unspecified atom stereocenters. The van der Waals surface area contributed by atoms with Crippen LogP contribution < -0.4 is 20.1 Å². The van der Waals surface area contributed by atoms with Crippen molar-refractivity contribution in [3.63, 3.8) is 0 Å². The first-order valence-corrected chi connectivity index (χ1v) is 10.2. The molecule has 164 valence electrons. The highest BCUT2D eigenvalue weighted by Crippen LogP contribution is 2.60. The van der Waals surface area contributed by atoms with E-state index in [0.29, 0.717) is 30.8 Å². The van der Waals surface area contributed by atoms with Crippen LogP contribution in [0.1, 0.15) is 19.3 Å². The topological polar surface area (TPSA) is 76.7 Å². The van der Waals surface area contributed by atoms with Gasteiger partial charge in [-0.2, -0.15) is 0 Å².